The maximum absolute atomic E-state index is 13.8. The van der Waals surface area contributed by atoms with Crippen molar-refractivity contribution >= 4 is 34.9 Å². The van der Waals surface area contributed by atoms with Crippen LogP contribution in [0.15, 0.2) is 53.4 Å². The predicted molar refractivity (Wildman–Crippen MR) is 109 cm³/mol. The highest BCUT2D eigenvalue weighted by Crippen LogP contribution is 2.48. The standard InChI is InChI=1S/C22H18F2N2O3S/c23-17-7-3-1-5-13(17)11-19-21(28)26(22(29)30-19)10-9-25-20(27)16-12-15(16)14-6-2-4-8-18(14)24/h1-8,11,15-16H,9-10,12H2,(H,25,27)/b19-11+. The van der Waals surface area contributed by atoms with E-state index in [-0.39, 0.29) is 47.1 Å². The molecule has 0 aromatic heterocycles. The molecule has 1 aliphatic carbocycles. The molecule has 154 valence electrons. The molecular formula is C22H18F2N2O3S. The van der Waals surface area contributed by atoms with Crippen LogP contribution in [-0.2, 0) is 9.59 Å². The van der Waals surface area contributed by atoms with Gasteiger partial charge < -0.3 is 5.32 Å². The summed E-state index contributed by atoms with van der Waals surface area (Å²) >= 11 is 0.740. The van der Waals surface area contributed by atoms with Crippen molar-refractivity contribution in [2.24, 2.45) is 5.92 Å². The third-order valence-electron chi connectivity index (χ3n) is 5.13. The van der Waals surface area contributed by atoms with Crippen molar-refractivity contribution in [1.82, 2.24) is 10.2 Å². The fourth-order valence-corrected chi connectivity index (χ4v) is 4.31. The zero-order valence-electron chi connectivity index (χ0n) is 15.8. The molecule has 3 amide bonds. The Morgan fingerprint density at radius 2 is 1.80 bits per heavy atom. The normalized spacial score (nSPS) is 21.9. The number of hydrogen-bond acceptors (Lipinski definition) is 4. The number of imide groups is 1. The Bertz CT molecular complexity index is 1060. The van der Waals surface area contributed by atoms with Crippen LogP contribution >= 0.6 is 11.8 Å². The Kier molecular flexibility index (Phi) is 5.67. The van der Waals surface area contributed by atoms with Crippen molar-refractivity contribution in [3.63, 3.8) is 0 Å². The maximum Gasteiger partial charge on any atom is 0.293 e. The number of rotatable bonds is 6. The highest BCUT2D eigenvalue weighted by molar-refractivity contribution is 8.18. The molecule has 2 aliphatic rings. The Morgan fingerprint density at radius 1 is 1.10 bits per heavy atom. The Hall–Kier alpha value is -3.00. The minimum Gasteiger partial charge on any atom is -0.354 e. The average Bonchev–Trinajstić information content (AvgIpc) is 3.47. The topological polar surface area (TPSA) is 66.5 Å². The fraction of sp³-hybridized carbons (Fsp3) is 0.227. The lowest BCUT2D eigenvalue weighted by atomic mass is 10.1. The molecule has 2 aromatic carbocycles. The summed E-state index contributed by atoms with van der Waals surface area (Å²) < 4.78 is 27.6. The first kappa shape index (κ1) is 20.3. The molecule has 2 aromatic rings. The number of carbonyl (C=O) groups excluding carboxylic acids is 3. The molecule has 4 rings (SSSR count). The Morgan fingerprint density at radius 3 is 2.53 bits per heavy atom. The van der Waals surface area contributed by atoms with Gasteiger partial charge in [-0.2, -0.15) is 0 Å². The van der Waals surface area contributed by atoms with Crippen LogP contribution in [0.1, 0.15) is 23.5 Å². The number of nitrogens with one attached hydrogen (secondary N) is 1. The number of nitrogens with zero attached hydrogens (tertiary/aromatic N) is 1. The number of benzene rings is 2. The number of hydrogen-bond donors (Lipinski definition) is 1. The minimum absolute atomic E-state index is 0.0160. The van der Waals surface area contributed by atoms with E-state index in [0.717, 1.165) is 16.7 Å². The van der Waals surface area contributed by atoms with E-state index in [1.807, 2.05) is 0 Å². The molecule has 1 saturated heterocycles. The van der Waals surface area contributed by atoms with Crippen LogP contribution < -0.4 is 5.32 Å². The second kappa shape index (κ2) is 8.39. The van der Waals surface area contributed by atoms with Crippen molar-refractivity contribution in [3.05, 3.63) is 76.2 Å². The number of amides is 3. The van der Waals surface area contributed by atoms with Gasteiger partial charge in [0.1, 0.15) is 11.6 Å². The lowest BCUT2D eigenvalue weighted by Gasteiger charge is -2.13. The smallest absolute Gasteiger partial charge is 0.293 e. The van der Waals surface area contributed by atoms with E-state index in [2.05, 4.69) is 5.32 Å². The molecule has 8 heteroatoms. The van der Waals surface area contributed by atoms with Gasteiger partial charge in [0.15, 0.2) is 0 Å². The van der Waals surface area contributed by atoms with Crippen LogP contribution in [0.5, 0.6) is 0 Å². The SMILES string of the molecule is O=C(NCCN1C(=O)S/C(=C/c2ccccc2F)C1=O)C1CC1c1ccccc1F. The Labute approximate surface area is 176 Å². The molecule has 2 atom stereocenters. The lowest BCUT2D eigenvalue weighted by molar-refractivity contribution is -0.124. The fourth-order valence-electron chi connectivity index (χ4n) is 3.45. The second-order valence-corrected chi connectivity index (χ2v) is 8.11. The van der Waals surface area contributed by atoms with E-state index in [1.54, 1.807) is 24.3 Å². The average molecular weight is 428 g/mol. The molecular weight excluding hydrogens is 410 g/mol. The Balaban J connectivity index is 1.31. The molecule has 1 saturated carbocycles. The highest BCUT2D eigenvalue weighted by Gasteiger charge is 2.45. The first-order valence-corrected chi connectivity index (χ1v) is 10.3. The third kappa shape index (κ3) is 4.14. The molecule has 1 aliphatic heterocycles. The van der Waals surface area contributed by atoms with Crippen LogP contribution in [0.3, 0.4) is 0 Å². The van der Waals surface area contributed by atoms with Gasteiger partial charge in [0, 0.05) is 24.6 Å². The van der Waals surface area contributed by atoms with Gasteiger partial charge in [-0.3, -0.25) is 19.3 Å². The molecule has 1 N–H and O–H groups in total. The van der Waals surface area contributed by atoms with Gasteiger partial charge in [0.2, 0.25) is 5.91 Å². The molecule has 2 fully saturated rings. The summed E-state index contributed by atoms with van der Waals surface area (Å²) in [6, 6.07) is 12.4. The number of thioether (sulfide) groups is 1. The van der Waals surface area contributed by atoms with E-state index < -0.39 is 17.0 Å². The lowest BCUT2D eigenvalue weighted by Crippen LogP contribution is -2.37. The highest BCUT2D eigenvalue weighted by atomic mass is 32.2. The molecule has 2 unspecified atom stereocenters. The molecule has 0 spiro atoms. The van der Waals surface area contributed by atoms with Gasteiger partial charge in [-0.25, -0.2) is 8.78 Å². The quantitative estimate of drug-likeness (QED) is 0.709. The molecule has 5 nitrogen and oxygen atoms in total. The van der Waals surface area contributed by atoms with E-state index in [0.29, 0.717) is 12.0 Å². The summed E-state index contributed by atoms with van der Waals surface area (Å²) in [5, 5.41) is 2.24. The van der Waals surface area contributed by atoms with Crippen LogP contribution in [-0.4, -0.2) is 35.0 Å². The maximum atomic E-state index is 13.8. The minimum atomic E-state index is -0.516. The van der Waals surface area contributed by atoms with Crippen LogP contribution in [0.2, 0.25) is 0 Å². The summed E-state index contributed by atoms with van der Waals surface area (Å²) in [7, 11) is 0. The van der Waals surface area contributed by atoms with Crippen molar-refractivity contribution in [1.29, 1.82) is 0 Å². The van der Waals surface area contributed by atoms with Gasteiger partial charge in [-0.1, -0.05) is 36.4 Å². The van der Waals surface area contributed by atoms with Gasteiger partial charge in [-0.05, 0) is 47.9 Å². The summed E-state index contributed by atoms with van der Waals surface area (Å²) in [4.78, 5) is 38.1. The molecule has 1 heterocycles. The van der Waals surface area contributed by atoms with Crippen molar-refractivity contribution in [2.45, 2.75) is 12.3 Å². The zero-order valence-corrected chi connectivity index (χ0v) is 16.6. The van der Waals surface area contributed by atoms with Gasteiger partial charge >= 0.3 is 0 Å². The van der Waals surface area contributed by atoms with Crippen LogP contribution in [0, 0.1) is 17.6 Å². The number of halogens is 2. The molecule has 0 radical (unpaired) electrons. The van der Waals surface area contributed by atoms with E-state index in [9.17, 15) is 23.2 Å². The van der Waals surface area contributed by atoms with Crippen LogP contribution in [0.4, 0.5) is 13.6 Å². The van der Waals surface area contributed by atoms with Gasteiger partial charge in [-0.15, -0.1) is 0 Å². The first-order chi connectivity index (χ1) is 14.5. The van der Waals surface area contributed by atoms with Crippen molar-refractivity contribution < 1.29 is 23.2 Å². The predicted octanol–water partition coefficient (Wildman–Crippen LogP) is 3.92. The summed E-state index contributed by atoms with van der Waals surface area (Å²) in [5.41, 5.74) is 0.756. The summed E-state index contributed by atoms with van der Waals surface area (Å²) in [6.07, 6.45) is 1.92. The first-order valence-electron chi connectivity index (χ1n) is 9.47. The zero-order chi connectivity index (χ0) is 21.3. The summed E-state index contributed by atoms with van der Waals surface area (Å²) in [6.45, 7) is 0.118. The van der Waals surface area contributed by atoms with E-state index in [4.69, 9.17) is 0 Å². The van der Waals surface area contributed by atoms with Crippen LogP contribution in [0.25, 0.3) is 6.08 Å². The third-order valence-corrected chi connectivity index (χ3v) is 6.04. The van der Waals surface area contributed by atoms with E-state index in [1.165, 1.54) is 30.3 Å². The van der Waals surface area contributed by atoms with E-state index >= 15 is 0 Å². The number of carbonyl (C=O) groups is 3. The second-order valence-electron chi connectivity index (χ2n) is 7.12. The van der Waals surface area contributed by atoms with Gasteiger partial charge in [0.05, 0.1) is 4.91 Å². The largest absolute Gasteiger partial charge is 0.354 e. The summed E-state index contributed by atoms with van der Waals surface area (Å²) in [5.74, 6) is -2.00. The van der Waals surface area contributed by atoms with Gasteiger partial charge in [0.25, 0.3) is 11.1 Å². The van der Waals surface area contributed by atoms with Crippen molar-refractivity contribution in [2.75, 3.05) is 13.1 Å². The molecule has 0 bridgehead atoms. The monoisotopic (exact) mass is 428 g/mol. The molecule has 30 heavy (non-hydrogen) atoms. The van der Waals surface area contributed by atoms with Crippen molar-refractivity contribution in [3.8, 4) is 0 Å².